The first-order valence-electron chi connectivity index (χ1n) is 36.7. The molecule has 11 atom stereocenters. The number of aromatic nitrogens is 3. The number of ether oxygens (including phenoxy) is 3. The zero-order valence-electron chi connectivity index (χ0n) is 59.1. The fraction of sp³-hybridized carbons (Fsp3) is 0.564. The number of hydrogen-bond acceptors (Lipinski definition) is 16. The summed E-state index contributed by atoms with van der Waals surface area (Å²) in [4.78, 5) is 116. The van der Waals surface area contributed by atoms with Gasteiger partial charge in [-0.2, -0.15) is 0 Å². The second kappa shape index (κ2) is 40.0. The minimum Gasteiger partial charge on any atom is -0.379 e. The lowest BCUT2D eigenvalue weighted by molar-refractivity contribution is -0.144. The maximum atomic E-state index is 14.9. The summed E-state index contributed by atoms with van der Waals surface area (Å²) in [6.07, 6.45) is 12.0. The van der Waals surface area contributed by atoms with Gasteiger partial charge in [-0.05, 0) is 158 Å². The first-order chi connectivity index (χ1) is 48.7. The SMILES string of the molecule is CC[C@H](NC)C(=O)N[C@@H]1C(=O)N2[C@@H](CC[C@@H]1CCC(=O)CCc1cn(CCCOCCOCCOCCCCC(=O)[C@@H](NC(=O)[C@@H]3CC[C@@H]4CC[C@H](CCNCc5ccccc5)[C@H](NC(=O)[C@H](C)NC)C(=O)N43)c3ccccc3)nn1)CC[C@H]2C(=O)CC(c1ccccc1)c1ccccc1. The summed E-state index contributed by atoms with van der Waals surface area (Å²) in [6, 6.07) is 34.2. The van der Waals surface area contributed by atoms with Crippen molar-refractivity contribution in [3.05, 3.63) is 155 Å². The van der Waals surface area contributed by atoms with E-state index in [2.05, 4.69) is 54.3 Å². The van der Waals surface area contributed by atoms with Crippen LogP contribution in [0.4, 0.5) is 0 Å². The van der Waals surface area contributed by atoms with Crippen LogP contribution in [0.15, 0.2) is 128 Å². The Morgan fingerprint density at radius 3 is 1.72 bits per heavy atom. The number of fused-ring (bicyclic) bond motifs is 2. The molecule has 5 amide bonds. The van der Waals surface area contributed by atoms with Gasteiger partial charge in [0.05, 0.1) is 50.2 Å². The Bertz CT molecular complexity index is 3340. The number of hydrogen-bond donors (Lipinski definition) is 6. The molecule has 4 fully saturated rings. The van der Waals surface area contributed by atoms with Crippen LogP contribution in [0.3, 0.4) is 0 Å². The van der Waals surface area contributed by atoms with Crippen molar-refractivity contribution in [3.63, 3.8) is 0 Å². The van der Waals surface area contributed by atoms with E-state index in [0.717, 1.165) is 23.1 Å². The normalized spacial score (nSPS) is 21.5. The van der Waals surface area contributed by atoms with Crippen LogP contribution >= 0.6 is 0 Å². The predicted molar refractivity (Wildman–Crippen MR) is 381 cm³/mol. The van der Waals surface area contributed by atoms with Crippen molar-refractivity contribution in [2.45, 2.75) is 209 Å². The summed E-state index contributed by atoms with van der Waals surface area (Å²) in [5.41, 5.74) is 4.63. The van der Waals surface area contributed by atoms with Gasteiger partial charge in [0.1, 0.15) is 30.0 Å². The number of aryl methyl sites for hydroxylation is 2. The summed E-state index contributed by atoms with van der Waals surface area (Å²) in [5.74, 6) is -2.04. The monoisotopic (exact) mass is 1370 g/mol. The van der Waals surface area contributed by atoms with Crippen molar-refractivity contribution >= 4 is 46.9 Å². The summed E-state index contributed by atoms with van der Waals surface area (Å²) in [6.45, 7) is 8.11. The number of rotatable bonds is 42. The van der Waals surface area contributed by atoms with Crippen LogP contribution in [-0.4, -0.2) is 180 Å². The molecule has 0 unspecified atom stereocenters. The second-order valence-corrected chi connectivity index (χ2v) is 27.4. The lowest BCUT2D eigenvalue weighted by Gasteiger charge is -2.33. The molecule has 0 saturated carbocycles. The minimum absolute atomic E-state index is 0.0158. The van der Waals surface area contributed by atoms with E-state index in [1.54, 1.807) is 35.5 Å². The Hall–Kier alpha value is -7.86. The maximum Gasteiger partial charge on any atom is 0.246 e. The average molecular weight is 1370 g/mol. The number of benzene rings is 4. The minimum atomic E-state index is -0.893. The molecule has 6 N–H and O–H groups in total. The number of nitrogens with one attached hydrogen (secondary N) is 6. The molecule has 100 heavy (non-hydrogen) atoms. The lowest BCUT2D eigenvalue weighted by atomic mass is 9.85. The van der Waals surface area contributed by atoms with E-state index >= 15 is 0 Å². The first-order valence-corrected chi connectivity index (χ1v) is 36.7. The van der Waals surface area contributed by atoms with Crippen LogP contribution in [0.2, 0.25) is 0 Å². The highest BCUT2D eigenvalue weighted by atomic mass is 16.5. The molecule has 0 radical (unpaired) electrons. The molecule has 540 valence electrons. The summed E-state index contributed by atoms with van der Waals surface area (Å²) in [5, 5.41) is 27.4. The molecule has 4 aliphatic rings. The fourth-order valence-electron chi connectivity index (χ4n) is 14.9. The van der Waals surface area contributed by atoms with Crippen molar-refractivity contribution in [1.82, 2.24) is 56.7 Å². The molecule has 5 heterocycles. The molecule has 1 aromatic heterocycles. The van der Waals surface area contributed by atoms with Crippen molar-refractivity contribution in [2.75, 3.05) is 60.3 Å². The van der Waals surface area contributed by atoms with E-state index in [-0.39, 0.29) is 102 Å². The van der Waals surface area contributed by atoms with Gasteiger partial charge in [0.15, 0.2) is 11.6 Å². The predicted octanol–water partition coefficient (Wildman–Crippen LogP) is 7.68. The van der Waals surface area contributed by atoms with Gasteiger partial charge in [-0.25, -0.2) is 0 Å². The standard InChI is InChI=1S/C78H107N11O11/c1-5-66(80-4)75(94)84-72-59(30-34-62-36-40-67(88(62)77(72)96)70(92)51-65(56-23-12-7-13-24-56)57-25-14-8-15-26-57)32-38-64(90)39-33-61-53-87(86-85-61)44-20-46-99-48-50-100-49-47-98-45-19-18-29-69(91)71(58-27-16-9-17-28-58)82-76(95)68-41-37-63-35-31-60(42-43-81-52-55-21-10-6-11-22-55)73(78(97)89(63)68)83-74(93)54(2)79-3/h6-17,21-28,53-54,59-60,62-63,65-68,71-73,79-81H,5,18-20,29-52H2,1-4H3,(H,82,95)(H,83,93)(H,84,94)/t54-,59+,60+,62-,63-,66-,67-,68-,71-,72-,73-/m0/s1. The van der Waals surface area contributed by atoms with Gasteiger partial charge in [0, 0.05) is 76.2 Å². The van der Waals surface area contributed by atoms with Crippen molar-refractivity contribution in [3.8, 4) is 0 Å². The van der Waals surface area contributed by atoms with Gasteiger partial charge >= 0.3 is 0 Å². The third-order valence-electron chi connectivity index (χ3n) is 20.7. The quantitative estimate of drug-likeness (QED) is 0.0204. The zero-order chi connectivity index (χ0) is 70.6. The number of carbonyl (C=O) groups is 8. The Labute approximate surface area is 590 Å². The Morgan fingerprint density at radius 2 is 1.12 bits per heavy atom. The van der Waals surface area contributed by atoms with Crippen LogP contribution in [-0.2, 0) is 72.1 Å². The molecular weight excluding hydrogens is 1270 g/mol. The first kappa shape index (κ1) is 76.3. The van der Waals surface area contributed by atoms with Crippen molar-refractivity contribution in [1.29, 1.82) is 0 Å². The number of Topliss-reactive ketones (excluding diaryl/α,β-unsaturated/α-hetero) is 3. The van der Waals surface area contributed by atoms with Gasteiger partial charge < -0.3 is 55.9 Å². The van der Waals surface area contributed by atoms with Gasteiger partial charge in [0.2, 0.25) is 29.5 Å². The third-order valence-corrected chi connectivity index (χ3v) is 20.7. The molecule has 22 nitrogen and oxygen atoms in total. The van der Waals surface area contributed by atoms with Gasteiger partial charge in [0.25, 0.3) is 0 Å². The maximum absolute atomic E-state index is 14.9. The van der Waals surface area contributed by atoms with Gasteiger partial charge in [-0.15, -0.1) is 5.10 Å². The smallest absolute Gasteiger partial charge is 0.246 e. The molecule has 4 aliphatic heterocycles. The van der Waals surface area contributed by atoms with E-state index in [9.17, 15) is 38.4 Å². The zero-order valence-corrected chi connectivity index (χ0v) is 59.1. The highest BCUT2D eigenvalue weighted by molar-refractivity contribution is 5.97. The summed E-state index contributed by atoms with van der Waals surface area (Å²) >= 11 is 0. The second-order valence-electron chi connectivity index (χ2n) is 27.4. The van der Waals surface area contributed by atoms with Crippen LogP contribution in [0.25, 0.3) is 0 Å². The van der Waals surface area contributed by atoms with Crippen molar-refractivity contribution in [2.24, 2.45) is 11.8 Å². The lowest BCUT2D eigenvalue weighted by Crippen LogP contribution is -2.58. The van der Waals surface area contributed by atoms with E-state index in [4.69, 9.17) is 14.2 Å². The van der Waals surface area contributed by atoms with Gasteiger partial charge in [-0.3, -0.25) is 43.0 Å². The van der Waals surface area contributed by atoms with Crippen LogP contribution in [0, 0.1) is 11.8 Å². The molecule has 0 bridgehead atoms. The topological polar surface area (TPSA) is 274 Å². The molecule has 4 saturated heterocycles. The summed E-state index contributed by atoms with van der Waals surface area (Å²) in [7, 11) is 3.43. The van der Waals surface area contributed by atoms with Crippen molar-refractivity contribution < 1.29 is 52.6 Å². The van der Waals surface area contributed by atoms with Gasteiger partial charge in [-0.1, -0.05) is 133 Å². The third kappa shape index (κ3) is 21.8. The van der Waals surface area contributed by atoms with Crippen LogP contribution < -0.4 is 31.9 Å². The average Bonchev–Trinajstić information content (AvgIpc) is 1.63. The molecule has 0 spiro atoms. The highest BCUT2D eigenvalue weighted by Gasteiger charge is 2.50. The number of carbonyl (C=O) groups excluding carboxylic acids is 8. The Balaban J connectivity index is 0.642. The molecule has 0 aliphatic carbocycles. The molecule has 9 rings (SSSR count). The number of nitrogens with zero attached hydrogens (tertiary/aromatic N) is 5. The van der Waals surface area contributed by atoms with E-state index in [1.165, 1.54) is 0 Å². The Morgan fingerprint density at radius 1 is 0.580 bits per heavy atom. The van der Waals surface area contributed by atoms with Crippen LogP contribution in [0.1, 0.15) is 169 Å². The van der Waals surface area contributed by atoms with Crippen LogP contribution in [0.5, 0.6) is 0 Å². The Kier molecular flexibility index (Phi) is 30.5. The number of likely N-dealkylation sites (N-methyl/N-ethyl adjacent to an activating group) is 2. The number of ketones is 3. The largest absolute Gasteiger partial charge is 0.379 e. The number of amides is 5. The van der Waals surface area contributed by atoms with E-state index < -0.39 is 42.3 Å². The van der Waals surface area contributed by atoms with E-state index in [0.29, 0.717) is 160 Å². The highest BCUT2D eigenvalue weighted by Crippen LogP contribution is 2.39. The molecule has 5 aromatic rings. The molecular formula is C78H107N11O11. The van der Waals surface area contributed by atoms with E-state index in [1.807, 2.05) is 122 Å². The molecule has 22 heteroatoms. The fourth-order valence-corrected chi connectivity index (χ4v) is 14.9. The number of unbranched alkanes of at least 4 members (excludes halogenated alkanes) is 1. The summed E-state index contributed by atoms with van der Waals surface area (Å²) < 4.78 is 19.1. The molecule has 4 aromatic carbocycles.